The first kappa shape index (κ1) is 4.61. The first-order chi connectivity index (χ1) is 3.34. The number of hydrogen-bond donors (Lipinski definition) is 0. The van der Waals surface area contributed by atoms with Crippen LogP contribution in [0.4, 0.5) is 0 Å². The number of hydrogen-bond acceptors (Lipinski definition) is 1. The zero-order valence-electron chi connectivity index (χ0n) is 3.92. The molecular weight excluding hydrogens is 90.1 g/mol. The predicted molar refractivity (Wildman–Crippen MR) is 22.8 cm³/mol. The molecule has 1 rings (SSSR count). The van der Waals surface area contributed by atoms with E-state index in [0.29, 0.717) is 6.42 Å². The highest BCUT2D eigenvalue weighted by Gasteiger charge is 2.29. The largest absolute Gasteiger partial charge is 0.232 e. The standard InChI is InChI=1S/C5H6NO/c6-3-4-1-2-5(4)7/h4-5H,1-2H2. The van der Waals surface area contributed by atoms with Crippen LogP contribution in [0.1, 0.15) is 12.8 Å². The first-order valence-electron chi connectivity index (χ1n) is 2.40. The molecule has 1 aliphatic rings. The van der Waals surface area contributed by atoms with Crippen LogP contribution < -0.4 is 0 Å². The van der Waals surface area contributed by atoms with Gasteiger partial charge in [-0.05, 0) is 12.8 Å². The van der Waals surface area contributed by atoms with Gasteiger partial charge in [-0.3, -0.25) is 0 Å². The minimum absolute atomic E-state index is 0.167. The Labute approximate surface area is 42.4 Å². The second-order valence-electron chi connectivity index (χ2n) is 1.85. The lowest BCUT2D eigenvalue weighted by molar-refractivity contribution is -0.00850. The minimum atomic E-state index is -0.565. The Balaban J connectivity index is 2.33. The third-order valence-corrected chi connectivity index (χ3v) is 1.38. The summed E-state index contributed by atoms with van der Waals surface area (Å²) in [5.74, 6) is -0.167. The molecular formula is C5H6NO. The van der Waals surface area contributed by atoms with Crippen LogP contribution in [0, 0.1) is 17.2 Å². The molecule has 7 heavy (non-hydrogen) atoms. The summed E-state index contributed by atoms with van der Waals surface area (Å²) >= 11 is 0. The van der Waals surface area contributed by atoms with E-state index < -0.39 is 6.10 Å². The molecule has 0 aromatic rings. The molecule has 0 saturated heterocycles. The average molecular weight is 96.1 g/mol. The van der Waals surface area contributed by atoms with Crippen molar-refractivity contribution in [2.75, 3.05) is 0 Å². The van der Waals surface area contributed by atoms with Gasteiger partial charge in [0.25, 0.3) is 0 Å². The maximum atomic E-state index is 10.3. The Bertz CT molecular complexity index is 105. The minimum Gasteiger partial charge on any atom is -0.232 e. The van der Waals surface area contributed by atoms with E-state index in [4.69, 9.17) is 5.26 Å². The Morgan fingerprint density at radius 1 is 1.57 bits per heavy atom. The van der Waals surface area contributed by atoms with Crippen LogP contribution in [0.2, 0.25) is 0 Å². The zero-order chi connectivity index (χ0) is 5.28. The first-order valence-corrected chi connectivity index (χ1v) is 2.40. The molecule has 1 radical (unpaired) electrons. The van der Waals surface area contributed by atoms with Gasteiger partial charge in [-0.25, -0.2) is 5.11 Å². The van der Waals surface area contributed by atoms with Gasteiger partial charge in [0.15, 0.2) is 0 Å². The van der Waals surface area contributed by atoms with Crippen LogP contribution in [0.3, 0.4) is 0 Å². The molecule has 2 nitrogen and oxygen atoms in total. The molecule has 0 aromatic heterocycles. The molecule has 2 heteroatoms. The Kier molecular flexibility index (Phi) is 0.994. The van der Waals surface area contributed by atoms with Gasteiger partial charge >= 0.3 is 0 Å². The van der Waals surface area contributed by atoms with E-state index in [0.717, 1.165) is 6.42 Å². The van der Waals surface area contributed by atoms with Gasteiger partial charge in [-0.2, -0.15) is 5.26 Å². The lowest BCUT2D eigenvalue weighted by Gasteiger charge is -2.23. The molecule has 0 aliphatic heterocycles. The number of rotatable bonds is 0. The third-order valence-electron chi connectivity index (χ3n) is 1.38. The highest BCUT2D eigenvalue weighted by atomic mass is 16.3. The van der Waals surface area contributed by atoms with Crippen LogP contribution in [0.5, 0.6) is 0 Å². The second-order valence-corrected chi connectivity index (χ2v) is 1.85. The van der Waals surface area contributed by atoms with Crippen molar-refractivity contribution in [2.45, 2.75) is 18.9 Å². The molecule has 0 amide bonds. The lowest BCUT2D eigenvalue weighted by atomic mass is 9.83. The van der Waals surface area contributed by atoms with E-state index in [2.05, 4.69) is 0 Å². The van der Waals surface area contributed by atoms with Gasteiger partial charge in [0, 0.05) is 0 Å². The van der Waals surface area contributed by atoms with Gasteiger partial charge in [0.05, 0.1) is 12.0 Å². The van der Waals surface area contributed by atoms with E-state index in [-0.39, 0.29) is 5.92 Å². The molecule has 0 heterocycles. The van der Waals surface area contributed by atoms with Crippen molar-refractivity contribution in [3.8, 4) is 6.07 Å². The van der Waals surface area contributed by atoms with E-state index in [1.54, 1.807) is 0 Å². The third kappa shape index (κ3) is 0.594. The van der Waals surface area contributed by atoms with Crippen molar-refractivity contribution < 1.29 is 5.11 Å². The number of nitrogens with zero attached hydrogens (tertiary/aromatic N) is 1. The summed E-state index contributed by atoms with van der Waals surface area (Å²) in [4.78, 5) is 0. The molecule has 0 N–H and O–H groups in total. The zero-order valence-corrected chi connectivity index (χ0v) is 3.92. The Morgan fingerprint density at radius 2 is 2.29 bits per heavy atom. The molecule has 0 bridgehead atoms. The Hall–Kier alpha value is -0.550. The normalized spacial score (nSPS) is 38.9. The molecule has 0 aromatic carbocycles. The van der Waals surface area contributed by atoms with Gasteiger partial charge in [0.2, 0.25) is 0 Å². The van der Waals surface area contributed by atoms with Crippen molar-refractivity contribution in [1.82, 2.24) is 0 Å². The van der Waals surface area contributed by atoms with Gasteiger partial charge < -0.3 is 0 Å². The summed E-state index contributed by atoms with van der Waals surface area (Å²) < 4.78 is 0. The molecule has 1 aliphatic carbocycles. The van der Waals surface area contributed by atoms with Gasteiger partial charge in [-0.1, -0.05) is 0 Å². The van der Waals surface area contributed by atoms with E-state index in [1.165, 1.54) is 0 Å². The van der Waals surface area contributed by atoms with Gasteiger partial charge in [0.1, 0.15) is 6.10 Å². The van der Waals surface area contributed by atoms with Gasteiger partial charge in [-0.15, -0.1) is 0 Å². The number of nitriles is 1. The maximum Gasteiger partial charge on any atom is 0.109 e. The van der Waals surface area contributed by atoms with E-state index in [1.807, 2.05) is 6.07 Å². The molecule has 37 valence electrons. The summed E-state index contributed by atoms with van der Waals surface area (Å²) in [5, 5.41) is 18.4. The summed E-state index contributed by atoms with van der Waals surface area (Å²) in [5.41, 5.74) is 0. The molecule has 1 fully saturated rings. The SMILES string of the molecule is N#CC1CCC1[O]. The highest BCUT2D eigenvalue weighted by molar-refractivity contribution is 4.95. The van der Waals surface area contributed by atoms with E-state index >= 15 is 0 Å². The fraction of sp³-hybridized carbons (Fsp3) is 0.800. The smallest absolute Gasteiger partial charge is 0.109 e. The maximum absolute atomic E-state index is 10.3. The molecule has 2 unspecified atom stereocenters. The average Bonchev–Trinajstić information content (AvgIpc) is 1.65. The van der Waals surface area contributed by atoms with E-state index in [9.17, 15) is 5.11 Å². The Morgan fingerprint density at radius 3 is 2.29 bits per heavy atom. The van der Waals surface area contributed by atoms with Crippen molar-refractivity contribution in [3.05, 3.63) is 0 Å². The summed E-state index contributed by atoms with van der Waals surface area (Å²) in [6, 6.07) is 1.94. The predicted octanol–water partition coefficient (Wildman–Crippen LogP) is 0.719. The molecule has 2 atom stereocenters. The lowest BCUT2D eigenvalue weighted by Crippen LogP contribution is -2.28. The van der Waals surface area contributed by atoms with Crippen LogP contribution >= 0.6 is 0 Å². The van der Waals surface area contributed by atoms with Crippen LogP contribution in [0.25, 0.3) is 0 Å². The summed E-state index contributed by atoms with van der Waals surface area (Å²) in [6.07, 6.45) is 0.966. The topological polar surface area (TPSA) is 43.7 Å². The summed E-state index contributed by atoms with van der Waals surface area (Å²) in [7, 11) is 0. The van der Waals surface area contributed by atoms with Crippen molar-refractivity contribution >= 4 is 0 Å². The second kappa shape index (κ2) is 1.51. The quantitative estimate of drug-likeness (QED) is 0.438. The van der Waals surface area contributed by atoms with Crippen LogP contribution in [-0.4, -0.2) is 6.10 Å². The molecule has 1 saturated carbocycles. The van der Waals surface area contributed by atoms with Crippen molar-refractivity contribution in [1.29, 1.82) is 5.26 Å². The van der Waals surface area contributed by atoms with Crippen LogP contribution in [0.15, 0.2) is 0 Å². The van der Waals surface area contributed by atoms with Crippen molar-refractivity contribution in [3.63, 3.8) is 0 Å². The molecule has 0 spiro atoms. The fourth-order valence-electron chi connectivity index (χ4n) is 0.617. The fourth-order valence-corrected chi connectivity index (χ4v) is 0.617. The highest BCUT2D eigenvalue weighted by Crippen LogP contribution is 2.26. The monoisotopic (exact) mass is 96.0 g/mol. The summed E-state index contributed by atoms with van der Waals surface area (Å²) in [6.45, 7) is 0. The van der Waals surface area contributed by atoms with Crippen molar-refractivity contribution in [2.24, 2.45) is 5.92 Å². The van der Waals surface area contributed by atoms with Crippen LogP contribution in [-0.2, 0) is 5.11 Å².